The van der Waals surface area contributed by atoms with E-state index >= 15 is 0 Å². The van der Waals surface area contributed by atoms with Crippen molar-refractivity contribution >= 4 is 11.6 Å². The predicted molar refractivity (Wildman–Crippen MR) is 42.6 cm³/mol. The van der Waals surface area contributed by atoms with Crippen LogP contribution in [0.15, 0.2) is 0 Å². The summed E-state index contributed by atoms with van der Waals surface area (Å²) in [4.78, 5) is 21.7. The molecule has 0 bridgehead atoms. The van der Waals surface area contributed by atoms with Crippen LogP contribution in [-0.2, 0) is 9.59 Å². The van der Waals surface area contributed by atoms with Gasteiger partial charge in [-0.15, -0.1) is 0 Å². The molecule has 0 spiro atoms. The van der Waals surface area contributed by atoms with Gasteiger partial charge in [-0.05, 0) is 13.3 Å². The highest BCUT2D eigenvalue weighted by molar-refractivity contribution is 6.40. The molecule has 0 fully saturated rings. The number of rotatable bonds is 5. The molecule has 0 aromatic heterocycles. The molecule has 2 atom stereocenters. The van der Waals surface area contributed by atoms with Crippen LogP contribution in [0.25, 0.3) is 0 Å². The molecule has 0 saturated carbocycles. The summed E-state index contributed by atoms with van der Waals surface area (Å²) in [6.07, 6.45) is -1.68. The largest absolute Gasteiger partial charge is 0.385 e. The van der Waals surface area contributed by atoms with Crippen LogP contribution >= 0.6 is 0 Å². The summed E-state index contributed by atoms with van der Waals surface area (Å²) >= 11 is 0. The first-order chi connectivity index (χ1) is 5.50. The topological polar surface area (TPSA) is 74.6 Å². The zero-order valence-corrected chi connectivity index (χ0v) is 7.28. The molecule has 12 heavy (non-hydrogen) atoms. The minimum absolute atomic E-state index is 0.261. The lowest BCUT2D eigenvalue weighted by molar-refractivity contribution is -0.145. The van der Waals surface area contributed by atoms with Crippen molar-refractivity contribution in [1.82, 2.24) is 0 Å². The second-order valence-corrected chi connectivity index (χ2v) is 2.71. The Kier molecular flexibility index (Phi) is 4.70. The zero-order chi connectivity index (χ0) is 9.72. The van der Waals surface area contributed by atoms with Crippen LogP contribution in [0.3, 0.4) is 0 Å². The third-order valence-electron chi connectivity index (χ3n) is 1.49. The van der Waals surface area contributed by atoms with Gasteiger partial charge in [0.05, 0.1) is 0 Å². The van der Waals surface area contributed by atoms with Crippen LogP contribution < -0.4 is 0 Å². The summed E-state index contributed by atoms with van der Waals surface area (Å²) in [5.41, 5.74) is 0. The van der Waals surface area contributed by atoms with E-state index in [9.17, 15) is 9.59 Å². The molecule has 0 saturated heterocycles. The molecular weight excluding hydrogens is 160 g/mol. The minimum atomic E-state index is -1.32. The molecule has 2 unspecified atom stereocenters. The van der Waals surface area contributed by atoms with Gasteiger partial charge in [0.1, 0.15) is 12.2 Å². The van der Waals surface area contributed by atoms with Crippen molar-refractivity contribution in [2.24, 2.45) is 0 Å². The lowest BCUT2D eigenvalue weighted by atomic mass is 10.0. The highest BCUT2D eigenvalue weighted by Crippen LogP contribution is 2.00. The van der Waals surface area contributed by atoms with Gasteiger partial charge in [0.25, 0.3) is 0 Å². The van der Waals surface area contributed by atoms with Crippen LogP contribution in [0.5, 0.6) is 0 Å². The van der Waals surface area contributed by atoms with Gasteiger partial charge < -0.3 is 10.2 Å². The summed E-state index contributed by atoms with van der Waals surface area (Å²) in [6, 6.07) is 0. The average Bonchev–Trinajstić information content (AvgIpc) is 2.02. The van der Waals surface area contributed by atoms with Gasteiger partial charge in [-0.2, -0.15) is 0 Å². The zero-order valence-electron chi connectivity index (χ0n) is 7.28. The van der Waals surface area contributed by atoms with Crippen molar-refractivity contribution in [3.8, 4) is 0 Å². The highest BCUT2D eigenvalue weighted by Gasteiger charge is 2.25. The van der Waals surface area contributed by atoms with E-state index in [1.807, 2.05) is 0 Å². The lowest BCUT2D eigenvalue weighted by Gasteiger charge is -2.07. The first kappa shape index (κ1) is 11.3. The van der Waals surface area contributed by atoms with Crippen molar-refractivity contribution in [1.29, 1.82) is 0 Å². The molecule has 0 aromatic rings. The number of Topliss-reactive ketones (excluding diaryl/α,β-unsaturated/α-hetero) is 2. The Balaban J connectivity index is 4.10. The predicted octanol–water partition coefficient (Wildman–Crippen LogP) is -0.334. The number of aliphatic hydroxyl groups is 2. The SMILES string of the molecule is CCCC(O)C(=O)C(=O)C(C)O. The molecule has 0 amide bonds. The van der Waals surface area contributed by atoms with Gasteiger partial charge in [0, 0.05) is 0 Å². The van der Waals surface area contributed by atoms with Crippen LogP contribution in [0.4, 0.5) is 0 Å². The van der Waals surface area contributed by atoms with Gasteiger partial charge in [-0.3, -0.25) is 9.59 Å². The van der Waals surface area contributed by atoms with Crippen LogP contribution in [0.2, 0.25) is 0 Å². The van der Waals surface area contributed by atoms with E-state index in [4.69, 9.17) is 10.2 Å². The summed E-state index contributed by atoms with van der Waals surface area (Å²) in [5, 5.41) is 17.8. The van der Waals surface area contributed by atoms with Gasteiger partial charge >= 0.3 is 0 Å². The van der Waals surface area contributed by atoms with Crippen molar-refractivity contribution in [3.63, 3.8) is 0 Å². The molecule has 2 N–H and O–H groups in total. The Morgan fingerprint density at radius 2 is 1.75 bits per heavy atom. The van der Waals surface area contributed by atoms with Gasteiger partial charge in [-0.1, -0.05) is 13.3 Å². The Bertz CT molecular complexity index is 174. The number of carbonyl (C=O) groups excluding carboxylic acids is 2. The molecule has 0 aliphatic carbocycles. The van der Waals surface area contributed by atoms with Crippen molar-refractivity contribution in [2.75, 3.05) is 0 Å². The molecule has 4 nitrogen and oxygen atoms in total. The Hall–Kier alpha value is -0.740. The van der Waals surface area contributed by atoms with E-state index in [1.165, 1.54) is 6.92 Å². The maximum Gasteiger partial charge on any atom is 0.229 e. The molecular formula is C8H14O4. The lowest BCUT2D eigenvalue weighted by Crippen LogP contribution is -2.34. The standard InChI is InChI=1S/C8H14O4/c1-3-4-6(10)8(12)7(11)5(2)9/h5-6,9-10H,3-4H2,1-2H3. The third-order valence-corrected chi connectivity index (χ3v) is 1.49. The summed E-state index contributed by atoms with van der Waals surface area (Å²) < 4.78 is 0. The Morgan fingerprint density at radius 1 is 1.25 bits per heavy atom. The summed E-state index contributed by atoms with van der Waals surface area (Å²) in [7, 11) is 0. The first-order valence-electron chi connectivity index (χ1n) is 3.94. The van der Waals surface area contributed by atoms with Gasteiger partial charge in [0.2, 0.25) is 11.6 Å². The van der Waals surface area contributed by atoms with E-state index in [1.54, 1.807) is 6.92 Å². The molecule has 0 aromatic carbocycles. The monoisotopic (exact) mass is 174 g/mol. The molecule has 0 aliphatic rings. The van der Waals surface area contributed by atoms with Crippen molar-refractivity contribution in [2.45, 2.75) is 38.9 Å². The maximum absolute atomic E-state index is 10.9. The summed E-state index contributed by atoms with van der Waals surface area (Å²) in [5.74, 6) is -1.82. The molecule has 0 aliphatic heterocycles. The smallest absolute Gasteiger partial charge is 0.229 e. The number of aliphatic hydroxyl groups excluding tert-OH is 2. The number of hydrogen-bond donors (Lipinski definition) is 2. The van der Waals surface area contributed by atoms with Crippen LogP contribution in [0, 0.1) is 0 Å². The van der Waals surface area contributed by atoms with E-state index in [0.29, 0.717) is 6.42 Å². The third kappa shape index (κ3) is 3.11. The highest BCUT2D eigenvalue weighted by atomic mass is 16.3. The average molecular weight is 174 g/mol. The van der Waals surface area contributed by atoms with E-state index in [0.717, 1.165) is 0 Å². The quantitative estimate of drug-likeness (QED) is 0.559. The minimum Gasteiger partial charge on any atom is -0.385 e. The van der Waals surface area contributed by atoms with Gasteiger partial charge in [-0.25, -0.2) is 0 Å². The van der Waals surface area contributed by atoms with Gasteiger partial charge in [0.15, 0.2) is 0 Å². The fourth-order valence-corrected chi connectivity index (χ4v) is 0.775. The van der Waals surface area contributed by atoms with Crippen molar-refractivity contribution < 1.29 is 19.8 Å². The summed E-state index contributed by atoms with van der Waals surface area (Å²) in [6.45, 7) is 3.00. The molecule has 0 radical (unpaired) electrons. The normalized spacial score (nSPS) is 15.3. The van der Waals surface area contributed by atoms with E-state index in [-0.39, 0.29) is 6.42 Å². The van der Waals surface area contributed by atoms with E-state index in [2.05, 4.69) is 0 Å². The first-order valence-corrected chi connectivity index (χ1v) is 3.94. The second-order valence-electron chi connectivity index (χ2n) is 2.71. The molecule has 4 heteroatoms. The van der Waals surface area contributed by atoms with Crippen LogP contribution in [0.1, 0.15) is 26.7 Å². The molecule has 0 rings (SSSR count). The molecule has 70 valence electrons. The maximum atomic E-state index is 10.9. The van der Waals surface area contributed by atoms with Crippen molar-refractivity contribution in [3.05, 3.63) is 0 Å². The Morgan fingerprint density at radius 3 is 2.08 bits per heavy atom. The number of hydrogen-bond acceptors (Lipinski definition) is 4. The van der Waals surface area contributed by atoms with E-state index < -0.39 is 23.8 Å². The fourth-order valence-electron chi connectivity index (χ4n) is 0.775. The number of ketones is 2. The Labute approximate surface area is 71.2 Å². The van der Waals surface area contributed by atoms with Crippen LogP contribution in [-0.4, -0.2) is 34.0 Å². The fraction of sp³-hybridized carbons (Fsp3) is 0.750. The number of carbonyl (C=O) groups is 2. The molecule has 0 heterocycles. The second kappa shape index (κ2) is 5.00.